The number of halogens is 1. The predicted molar refractivity (Wildman–Crippen MR) is 54.9 cm³/mol. The molecule has 0 aliphatic rings. The molecule has 0 heterocycles. The van der Waals surface area contributed by atoms with Gasteiger partial charge in [0.05, 0.1) is 0 Å². The van der Waals surface area contributed by atoms with Crippen molar-refractivity contribution in [3.8, 4) is 0 Å². The van der Waals surface area contributed by atoms with Crippen LogP contribution in [0.25, 0.3) is 0 Å². The highest BCUT2D eigenvalue weighted by atomic mass is 35.6. The number of aliphatic hydroxyl groups is 2. The highest BCUT2D eigenvalue weighted by Crippen LogP contribution is 2.07. The lowest BCUT2D eigenvalue weighted by molar-refractivity contribution is 0.242. The summed E-state index contributed by atoms with van der Waals surface area (Å²) >= 11 is 5.60. The van der Waals surface area contributed by atoms with Gasteiger partial charge in [-0.25, -0.2) is 0 Å². The fourth-order valence-electron chi connectivity index (χ4n) is 0.307. The Balaban J connectivity index is 0. The Labute approximate surface area is 85.4 Å². The van der Waals surface area contributed by atoms with Gasteiger partial charge in [0, 0.05) is 27.4 Å². The fraction of sp³-hybridized carbons (Fsp3) is 1.00. The van der Waals surface area contributed by atoms with E-state index >= 15 is 0 Å². The lowest BCUT2D eigenvalue weighted by Gasteiger charge is -2.11. The molecule has 82 valence electrons. The fourth-order valence-corrected chi connectivity index (χ4v) is 0.474. The molecule has 0 aromatic carbocycles. The average Bonchev–Trinajstić information content (AvgIpc) is 2.16. The van der Waals surface area contributed by atoms with Crippen molar-refractivity contribution >= 4 is 18.9 Å². The molecule has 6 heteroatoms. The molecule has 4 nitrogen and oxygen atoms in total. The van der Waals surface area contributed by atoms with E-state index in [2.05, 4.69) is 0 Å². The third kappa shape index (κ3) is 15.1. The Morgan fingerprint density at radius 2 is 1.38 bits per heavy atom. The molecule has 0 spiro atoms. The zero-order chi connectivity index (χ0) is 10.7. The summed E-state index contributed by atoms with van der Waals surface area (Å²) in [4.78, 5) is 0. The topological polar surface area (TPSA) is 58.9 Å². The second kappa shape index (κ2) is 10.4. The molecule has 0 fully saturated rings. The molecule has 0 amide bonds. The number of hydrogen-bond donors (Lipinski definition) is 2. The standard InChI is InChI=1S/C4H10O2.C3H9ClO2Si/c5-3-1-2-4-6;1-5-7(3,4)6-2/h5-6H,1-4H2;1-3H3. The van der Waals surface area contributed by atoms with Gasteiger partial charge in [-0.05, 0) is 19.4 Å². The van der Waals surface area contributed by atoms with Crippen LogP contribution in [0.2, 0.25) is 6.55 Å². The second-order valence-corrected chi connectivity index (χ2v) is 6.94. The van der Waals surface area contributed by atoms with Gasteiger partial charge in [0.25, 0.3) is 0 Å². The Kier molecular flexibility index (Phi) is 12.7. The Morgan fingerprint density at radius 3 is 1.46 bits per heavy atom. The van der Waals surface area contributed by atoms with Gasteiger partial charge in [-0.1, -0.05) is 11.1 Å². The van der Waals surface area contributed by atoms with Gasteiger partial charge in [-0.2, -0.15) is 0 Å². The molecule has 0 aliphatic heterocycles. The van der Waals surface area contributed by atoms with E-state index in [1.807, 2.05) is 0 Å². The van der Waals surface area contributed by atoms with E-state index in [1.165, 1.54) is 0 Å². The highest BCUT2D eigenvalue weighted by molar-refractivity contribution is 7.12. The lowest BCUT2D eigenvalue weighted by Crippen LogP contribution is -2.28. The van der Waals surface area contributed by atoms with Gasteiger partial charge >= 0.3 is 7.87 Å². The molecule has 0 atom stereocenters. The van der Waals surface area contributed by atoms with Crippen LogP contribution in [0.1, 0.15) is 12.8 Å². The predicted octanol–water partition coefficient (Wildman–Crippen LogP) is 0.838. The van der Waals surface area contributed by atoms with Crippen molar-refractivity contribution in [3.63, 3.8) is 0 Å². The van der Waals surface area contributed by atoms with Gasteiger partial charge in [0.2, 0.25) is 0 Å². The Bertz CT molecular complexity index is 92.5. The van der Waals surface area contributed by atoms with E-state index in [-0.39, 0.29) is 13.2 Å². The van der Waals surface area contributed by atoms with Crippen molar-refractivity contribution < 1.29 is 19.1 Å². The van der Waals surface area contributed by atoms with Crippen LogP contribution in [0.3, 0.4) is 0 Å². The maximum absolute atomic E-state index is 8.09. The first-order chi connectivity index (χ1) is 6.04. The van der Waals surface area contributed by atoms with Crippen LogP contribution in [0.5, 0.6) is 0 Å². The maximum Gasteiger partial charge on any atom is 0.439 e. The number of aliphatic hydroxyl groups excluding tert-OH is 2. The van der Waals surface area contributed by atoms with Gasteiger partial charge in [-0.15, -0.1) is 0 Å². The lowest BCUT2D eigenvalue weighted by atomic mass is 10.3. The molecule has 0 aromatic heterocycles. The summed E-state index contributed by atoms with van der Waals surface area (Å²) in [5.41, 5.74) is 0. The molecule has 13 heavy (non-hydrogen) atoms. The van der Waals surface area contributed by atoms with Crippen molar-refractivity contribution in [3.05, 3.63) is 0 Å². The molecule has 0 rings (SSSR count). The molecular formula is C7H19ClO4Si. The summed E-state index contributed by atoms with van der Waals surface area (Å²) in [7, 11) is 0.910. The van der Waals surface area contributed by atoms with Crippen LogP contribution in [0.4, 0.5) is 0 Å². The van der Waals surface area contributed by atoms with E-state index in [4.69, 9.17) is 30.1 Å². The van der Waals surface area contributed by atoms with E-state index in [9.17, 15) is 0 Å². The SMILES string of the molecule is CO[Si](C)(Cl)OC.OCCCCO. The van der Waals surface area contributed by atoms with E-state index in [1.54, 1.807) is 20.8 Å². The zero-order valence-corrected chi connectivity index (χ0v) is 10.2. The van der Waals surface area contributed by atoms with Crippen molar-refractivity contribution in [2.75, 3.05) is 27.4 Å². The third-order valence-electron chi connectivity index (χ3n) is 1.30. The first kappa shape index (κ1) is 15.8. The van der Waals surface area contributed by atoms with Crippen molar-refractivity contribution in [1.29, 1.82) is 0 Å². The number of rotatable bonds is 5. The number of unbranched alkanes of at least 4 members (excludes halogenated alkanes) is 1. The van der Waals surface area contributed by atoms with Crippen molar-refractivity contribution in [2.45, 2.75) is 19.4 Å². The monoisotopic (exact) mass is 230 g/mol. The largest absolute Gasteiger partial charge is 0.439 e. The zero-order valence-electron chi connectivity index (χ0n) is 8.42. The van der Waals surface area contributed by atoms with E-state index in [0.29, 0.717) is 0 Å². The summed E-state index contributed by atoms with van der Waals surface area (Å²) in [6.07, 6.45) is 1.44. The van der Waals surface area contributed by atoms with Crippen molar-refractivity contribution in [2.24, 2.45) is 0 Å². The van der Waals surface area contributed by atoms with Crippen LogP contribution in [0, 0.1) is 0 Å². The normalized spacial score (nSPS) is 10.6. The van der Waals surface area contributed by atoms with Gasteiger partial charge < -0.3 is 19.1 Å². The average molecular weight is 231 g/mol. The Morgan fingerprint density at radius 1 is 1.08 bits per heavy atom. The molecule has 2 N–H and O–H groups in total. The molecule has 0 aliphatic carbocycles. The summed E-state index contributed by atoms with van der Waals surface area (Å²) in [6, 6.07) is 0. The minimum absolute atomic E-state index is 0.195. The van der Waals surface area contributed by atoms with E-state index in [0.717, 1.165) is 12.8 Å². The summed E-state index contributed by atoms with van der Waals surface area (Å²) in [5, 5.41) is 16.2. The first-order valence-electron chi connectivity index (χ1n) is 4.05. The van der Waals surface area contributed by atoms with E-state index < -0.39 is 7.87 Å². The van der Waals surface area contributed by atoms with Crippen LogP contribution in [0.15, 0.2) is 0 Å². The van der Waals surface area contributed by atoms with Gasteiger partial charge in [0.15, 0.2) is 0 Å². The maximum atomic E-state index is 8.09. The van der Waals surface area contributed by atoms with Crippen LogP contribution >= 0.6 is 11.1 Å². The molecule has 0 saturated carbocycles. The number of hydrogen-bond acceptors (Lipinski definition) is 4. The summed E-state index contributed by atoms with van der Waals surface area (Å²) in [5.74, 6) is 0. The molecule has 0 radical (unpaired) electrons. The summed E-state index contributed by atoms with van der Waals surface area (Å²) < 4.78 is 9.54. The molecule has 0 unspecified atom stereocenters. The Hall–Kier alpha value is 0.347. The minimum Gasteiger partial charge on any atom is -0.396 e. The van der Waals surface area contributed by atoms with Gasteiger partial charge in [-0.3, -0.25) is 0 Å². The molecular weight excluding hydrogens is 212 g/mol. The van der Waals surface area contributed by atoms with Crippen LogP contribution in [-0.2, 0) is 8.85 Å². The third-order valence-corrected chi connectivity index (χ3v) is 3.68. The van der Waals surface area contributed by atoms with Gasteiger partial charge in [0.1, 0.15) is 0 Å². The smallest absolute Gasteiger partial charge is 0.396 e. The minimum atomic E-state index is -2.18. The summed E-state index contributed by atoms with van der Waals surface area (Å²) in [6.45, 7) is 2.15. The van der Waals surface area contributed by atoms with Crippen molar-refractivity contribution in [1.82, 2.24) is 0 Å². The van der Waals surface area contributed by atoms with Crippen LogP contribution in [-0.4, -0.2) is 45.5 Å². The molecule has 0 saturated heterocycles. The second-order valence-electron chi connectivity index (χ2n) is 2.40. The quantitative estimate of drug-likeness (QED) is 0.418. The molecule has 0 aromatic rings. The molecule has 0 bridgehead atoms. The highest BCUT2D eigenvalue weighted by Gasteiger charge is 2.24. The first-order valence-corrected chi connectivity index (χ1v) is 7.37. The van der Waals surface area contributed by atoms with Crippen LogP contribution < -0.4 is 0 Å².